The van der Waals surface area contributed by atoms with Crippen LogP contribution < -0.4 is 0 Å². The van der Waals surface area contributed by atoms with Gasteiger partial charge in [-0.15, -0.1) is 6.58 Å². The minimum atomic E-state index is -1.91. The van der Waals surface area contributed by atoms with E-state index in [1.807, 2.05) is 41.3 Å². The summed E-state index contributed by atoms with van der Waals surface area (Å²) >= 11 is 0. The Morgan fingerprint density at radius 3 is 2.56 bits per heavy atom. The van der Waals surface area contributed by atoms with E-state index in [1.165, 1.54) is 0 Å². The topological polar surface area (TPSA) is 38.8 Å². The first-order chi connectivity index (χ1) is 12.7. The first-order valence-electron chi connectivity index (χ1n) is 9.92. The average Bonchev–Trinajstić information content (AvgIpc) is 2.61. The number of piperidine rings is 1. The summed E-state index contributed by atoms with van der Waals surface area (Å²) < 4.78 is 12.3. The molecule has 0 spiro atoms. The number of rotatable bonds is 6. The number of ether oxygens (including phenoxy) is 1. The molecule has 1 aromatic carbocycles. The minimum absolute atomic E-state index is 0.00588. The molecule has 0 N–H and O–H groups in total. The molecule has 1 saturated heterocycles. The summed E-state index contributed by atoms with van der Waals surface area (Å²) in [4.78, 5) is 14.6. The van der Waals surface area contributed by atoms with Gasteiger partial charge in [0.05, 0.1) is 12.1 Å². The number of nitrogens with zero attached hydrogens (tertiary/aromatic N) is 1. The first kappa shape index (κ1) is 21.7. The third-order valence-electron chi connectivity index (χ3n) is 5.82. The van der Waals surface area contributed by atoms with Crippen LogP contribution in [0.2, 0.25) is 18.1 Å². The van der Waals surface area contributed by atoms with Gasteiger partial charge in [0.2, 0.25) is 0 Å². The molecule has 1 aliphatic heterocycles. The molecule has 1 amide bonds. The van der Waals surface area contributed by atoms with Gasteiger partial charge in [-0.05, 0) is 43.0 Å². The van der Waals surface area contributed by atoms with Gasteiger partial charge in [0, 0.05) is 6.54 Å². The molecule has 0 aromatic heterocycles. The monoisotopic (exact) mass is 389 g/mol. The number of benzene rings is 1. The molecule has 1 aliphatic rings. The Kier molecular flexibility index (Phi) is 7.29. The predicted molar refractivity (Wildman–Crippen MR) is 113 cm³/mol. The fourth-order valence-corrected chi connectivity index (χ4v) is 4.58. The number of carbonyl (C=O) groups excluding carboxylic acids is 1. The van der Waals surface area contributed by atoms with E-state index in [0.29, 0.717) is 13.2 Å². The van der Waals surface area contributed by atoms with E-state index in [-0.39, 0.29) is 23.3 Å². The van der Waals surface area contributed by atoms with Gasteiger partial charge in [-0.25, -0.2) is 4.79 Å². The van der Waals surface area contributed by atoms with Crippen LogP contribution in [-0.2, 0) is 15.8 Å². The van der Waals surface area contributed by atoms with E-state index in [1.54, 1.807) is 0 Å². The normalized spacial score (nSPS) is 21.0. The third kappa shape index (κ3) is 5.69. The highest BCUT2D eigenvalue weighted by molar-refractivity contribution is 6.74. The molecule has 4 nitrogen and oxygen atoms in total. The largest absolute Gasteiger partial charge is 0.445 e. The molecule has 2 rings (SSSR count). The molecular weight excluding hydrogens is 354 g/mol. The van der Waals surface area contributed by atoms with Crippen molar-refractivity contribution in [2.75, 3.05) is 6.54 Å². The van der Waals surface area contributed by atoms with Crippen LogP contribution in [0.4, 0.5) is 4.79 Å². The lowest BCUT2D eigenvalue weighted by Crippen LogP contribution is -2.56. The van der Waals surface area contributed by atoms with Crippen molar-refractivity contribution in [2.45, 2.75) is 76.9 Å². The molecular formula is C22H35NO3Si. The lowest BCUT2D eigenvalue weighted by molar-refractivity contribution is 0.0102. The summed E-state index contributed by atoms with van der Waals surface area (Å²) in [6.45, 7) is 16.2. The number of likely N-dealkylation sites (tertiary alicyclic amines) is 1. The van der Waals surface area contributed by atoms with Gasteiger partial charge in [-0.2, -0.15) is 0 Å². The summed E-state index contributed by atoms with van der Waals surface area (Å²) in [5.74, 6) is 0. The maximum Gasteiger partial charge on any atom is 0.410 e. The Morgan fingerprint density at radius 2 is 1.96 bits per heavy atom. The molecule has 0 radical (unpaired) electrons. The maximum atomic E-state index is 12.8. The Balaban J connectivity index is 2.08. The molecule has 2 atom stereocenters. The van der Waals surface area contributed by atoms with Crippen molar-refractivity contribution in [1.82, 2.24) is 4.90 Å². The van der Waals surface area contributed by atoms with E-state index in [9.17, 15) is 4.79 Å². The Hall–Kier alpha value is -1.59. The van der Waals surface area contributed by atoms with Crippen molar-refractivity contribution in [2.24, 2.45) is 0 Å². The van der Waals surface area contributed by atoms with Crippen molar-refractivity contribution in [3.63, 3.8) is 0 Å². The maximum absolute atomic E-state index is 12.8. The second-order valence-electron chi connectivity index (χ2n) is 8.88. The molecule has 1 fully saturated rings. The summed E-state index contributed by atoms with van der Waals surface area (Å²) in [7, 11) is -1.91. The van der Waals surface area contributed by atoms with Crippen molar-refractivity contribution in [3.8, 4) is 0 Å². The molecule has 0 aliphatic carbocycles. The van der Waals surface area contributed by atoms with E-state index in [2.05, 4.69) is 40.4 Å². The SMILES string of the molecule is C=CC[C@H]1[C@@H](O[Si](C)(C)C(C)(C)C)CCCN1C(=O)OCc1ccccc1. The van der Waals surface area contributed by atoms with E-state index >= 15 is 0 Å². The summed E-state index contributed by atoms with van der Waals surface area (Å²) in [6.07, 6.45) is 4.31. The zero-order valence-corrected chi connectivity index (χ0v) is 18.5. The molecule has 0 bridgehead atoms. The molecule has 0 unspecified atom stereocenters. The van der Waals surface area contributed by atoms with Crippen LogP contribution in [-0.4, -0.2) is 38.0 Å². The van der Waals surface area contributed by atoms with E-state index in [0.717, 1.165) is 24.8 Å². The first-order valence-corrected chi connectivity index (χ1v) is 12.8. The molecule has 1 heterocycles. The Bertz CT molecular complexity index is 624. The van der Waals surface area contributed by atoms with Crippen molar-refractivity contribution < 1.29 is 14.0 Å². The molecule has 1 aromatic rings. The van der Waals surface area contributed by atoms with Crippen molar-refractivity contribution in [3.05, 3.63) is 48.6 Å². The third-order valence-corrected chi connectivity index (χ3v) is 10.3. The van der Waals surface area contributed by atoms with Gasteiger partial charge in [-0.3, -0.25) is 0 Å². The standard InChI is InChI=1S/C22H35NO3Si/c1-7-12-19-20(26-27(5,6)22(2,3)4)15-11-16-23(19)21(24)25-17-18-13-9-8-10-14-18/h7-10,13-14,19-20H,1,11-12,15-17H2,2-6H3/t19-,20-/m0/s1. The average molecular weight is 390 g/mol. The van der Waals surface area contributed by atoms with Crippen LogP contribution in [0.15, 0.2) is 43.0 Å². The summed E-state index contributed by atoms with van der Waals surface area (Å²) in [6, 6.07) is 9.79. The van der Waals surface area contributed by atoms with E-state index < -0.39 is 8.32 Å². The van der Waals surface area contributed by atoms with Gasteiger partial charge in [-0.1, -0.05) is 57.2 Å². The van der Waals surface area contributed by atoms with Gasteiger partial charge in [0.25, 0.3) is 0 Å². The second-order valence-corrected chi connectivity index (χ2v) is 13.6. The fourth-order valence-electron chi connectivity index (χ4n) is 3.19. The van der Waals surface area contributed by atoms with Crippen molar-refractivity contribution in [1.29, 1.82) is 0 Å². The quantitative estimate of drug-likeness (QED) is 0.459. The van der Waals surface area contributed by atoms with Crippen LogP contribution in [0.1, 0.15) is 45.6 Å². The highest BCUT2D eigenvalue weighted by Crippen LogP contribution is 2.39. The summed E-state index contributed by atoms with van der Waals surface area (Å²) in [5.41, 5.74) is 0.997. The Labute approximate surface area is 165 Å². The Morgan fingerprint density at radius 1 is 1.30 bits per heavy atom. The van der Waals surface area contributed by atoms with Crippen LogP contribution in [0.25, 0.3) is 0 Å². The zero-order chi connectivity index (χ0) is 20.1. The molecule has 27 heavy (non-hydrogen) atoms. The van der Waals surface area contributed by atoms with E-state index in [4.69, 9.17) is 9.16 Å². The minimum Gasteiger partial charge on any atom is -0.445 e. The highest BCUT2D eigenvalue weighted by Gasteiger charge is 2.43. The van der Waals surface area contributed by atoms with Crippen LogP contribution in [0.5, 0.6) is 0 Å². The second kappa shape index (κ2) is 9.07. The van der Waals surface area contributed by atoms with Crippen LogP contribution >= 0.6 is 0 Å². The molecule has 150 valence electrons. The predicted octanol–water partition coefficient (Wildman–Crippen LogP) is 5.75. The lowest BCUT2D eigenvalue weighted by atomic mass is 9.97. The van der Waals surface area contributed by atoms with Crippen LogP contribution in [0, 0.1) is 0 Å². The molecule has 0 saturated carbocycles. The fraction of sp³-hybridized carbons (Fsp3) is 0.591. The van der Waals surface area contributed by atoms with Gasteiger partial charge < -0.3 is 14.1 Å². The van der Waals surface area contributed by atoms with Crippen LogP contribution in [0.3, 0.4) is 0 Å². The number of hydrogen-bond donors (Lipinski definition) is 0. The summed E-state index contributed by atoms with van der Waals surface area (Å²) in [5, 5.41) is 0.141. The highest BCUT2D eigenvalue weighted by atomic mass is 28.4. The van der Waals surface area contributed by atoms with Crippen molar-refractivity contribution >= 4 is 14.4 Å². The number of hydrogen-bond acceptors (Lipinski definition) is 3. The zero-order valence-electron chi connectivity index (χ0n) is 17.5. The van der Waals surface area contributed by atoms with Gasteiger partial charge in [0.15, 0.2) is 8.32 Å². The lowest BCUT2D eigenvalue weighted by Gasteiger charge is -2.46. The van der Waals surface area contributed by atoms with Gasteiger partial charge in [0.1, 0.15) is 6.61 Å². The smallest absolute Gasteiger partial charge is 0.410 e. The van der Waals surface area contributed by atoms with Gasteiger partial charge >= 0.3 is 6.09 Å². The number of amides is 1. The molecule has 5 heteroatoms. The number of carbonyl (C=O) groups is 1.